The zero-order chi connectivity index (χ0) is 8.57. The van der Waals surface area contributed by atoms with Gasteiger partial charge in [-0.2, -0.15) is 0 Å². The second-order valence-electron chi connectivity index (χ2n) is 1.01. The molecule has 0 spiro atoms. The Morgan fingerprint density at radius 2 is 2.00 bits per heavy atom. The van der Waals surface area contributed by atoms with Gasteiger partial charge in [0, 0.05) is 11.6 Å². The number of carbonyl (C=O) groups is 2. The maximum atomic E-state index is 9.60. The molecule has 0 saturated heterocycles. The maximum Gasteiger partial charge on any atom is 0.404 e. The molecule has 0 aliphatic rings. The van der Waals surface area contributed by atoms with Crippen LogP contribution in [0.2, 0.25) is 0 Å². The Balaban J connectivity index is 0. The first kappa shape index (κ1) is 11.8. The van der Waals surface area contributed by atoms with E-state index >= 15 is 0 Å². The van der Waals surface area contributed by atoms with Crippen LogP contribution < -0.4 is 5.73 Å². The number of halogens is 1. The van der Waals surface area contributed by atoms with Crippen molar-refractivity contribution in [3.05, 3.63) is 0 Å². The molecular weight excluding hydrogens is 162 g/mol. The van der Waals surface area contributed by atoms with Crippen LogP contribution in [-0.4, -0.2) is 23.2 Å². The quantitative estimate of drug-likeness (QED) is 0.573. The number of hydrogen-bond donors (Lipinski definition) is 2. The third-order valence-corrected chi connectivity index (χ3v) is 0.287. The van der Waals surface area contributed by atoms with Crippen LogP contribution in [0.1, 0.15) is 6.92 Å². The number of carboxylic acid groups (broad SMARTS) is 1. The summed E-state index contributed by atoms with van der Waals surface area (Å²) in [6.07, 6.45) is -0.711. The summed E-state index contributed by atoms with van der Waals surface area (Å²) < 4.78 is 4.18. The lowest BCUT2D eigenvalue weighted by Crippen LogP contribution is -2.11. The van der Waals surface area contributed by atoms with Crippen LogP contribution in [-0.2, 0) is 4.74 Å². The lowest BCUT2D eigenvalue weighted by molar-refractivity contribution is 0.163. The predicted molar refractivity (Wildman–Crippen MR) is 35.1 cm³/mol. The normalized spacial score (nSPS) is 7.00. The molecular formula is C4H8ClNO4. The Hall–Kier alpha value is -0.970. The molecule has 0 atom stereocenters. The first-order valence-corrected chi connectivity index (χ1v) is 2.69. The fraction of sp³-hybridized carbons (Fsp3) is 0.500. The molecule has 0 aromatic rings. The first-order valence-electron chi connectivity index (χ1n) is 2.31. The van der Waals surface area contributed by atoms with E-state index in [1.807, 2.05) is 0 Å². The highest BCUT2D eigenvalue weighted by molar-refractivity contribution is 6.60. The van der Waals surface area contributed by atoms with Gasteiger partial charge in [-0.05, 0) is 6.92 Å². The zero-order valence-electron chi connectivity index (χ0n) is 5.33. The van der Waals surface area contributed by atoms with Crippen molar-refractivity contribution in [2.75, 3.05) is 6.61 Å². The molecule has 0 unspecified atom stereocenters. The molecule has 1 amide bonds. The SMILES string of the molecule is CCOC(N)=O.O=C(O)Cl. The zero-order valence-corrected chi connectivity index (χ0v) is 6.09. The minimum atomic E-state index is -1.36. The highest BCUT2D eigenvalue weighted by Crippen LogP contribution is 1.67. The van der Waals surface area contributed by atoms with Crippen molar-refractivity contribution < 1.29 is 19.4 Å². The summed E-state index contributed by atoms with van der Waals surface area (Å²) in [5, 5.41) is 7.18. The number of rotatable bonds is 1. The van der Waals surface area contributed by atoms with Gasteiger partial charge in [-0.15, -0.1) is 0 Å². The van der Waals surface area contributed by atoms with Crippen molar-refractivity contribution in [3.63, 3.8) is 0 Å². The van der Waals surface area contributed by atoms with Gasteiger partial charge in [0.15, 0.2) is 0 Å². The standard InChI is InChI=1S/C3H7NO2.CHClO2/c1-2-6-3(4)5;2-1(3)4/h2H2,1H3,(H2,4,5);(H,3,4). The van der Waals surface area contributed by atoms with E-state index < -0.39 is 11.5 Å². The Morgan fingerprint density at radius 3 is 2.00 bits per heavy atom. The second-order valence-corrected chi connectivity index (χ2v) is 1.33. The number of ether oxygens (including phenoxy) is 1. The number of primary amides is 1. The monoisotopic (exact) mass is 169 g/mol. The molecule has 0 heterocycles. The highest BCUT2D eigenvalue weighted by atomic mass is 35.5. The van der Waals surface area contributed by atoms with Crippen molar-refractivity contribution in [3.8, 4) is 0 Å². The van der Waals surface area contributed by atoms with Crippen LogP contribution >= 0.6 is 11.6 Å². The van der Waals surface area contributed by atoms with Gasteiger partial charge >= 0.3 is 11.5 Å². The minimum absolute atomic E-state index is 0.356. The van der Waals surface area contributed by atoms with Crippen LogP contribution in [0.4, 0.5) is 9.59 Å². The number of amides is 1. The van der Waals surface area contributed by atoms with E-state index in [-0.39, 0.29) is 0 Å². The molecule has 0 radical (unpaired) electrons. The van der Waals surface area contributed by atoms with Gasteiger partial charge in [0.05, 0.1) is 6.61 Å². The van der Waals surface area contributed by atoms with Gasteiger partial charge in [-0.25, -0.2) is 9.59 Å². The van der Waals surface area contributed by atoms with E-state index in [1.165, 1.54) is 0 Å². The van der Waals surface area contributed by atoms with Crippen LogP contribution in [0.25, 0.3) is 0 Å². The summed E-state index contributed by atoms with van der Waals surface area (Å²) in [5.74, 6) is 0. The summed E-state index contributed by atoms with van der Waals surface area (Å²) >= 11 is 4.19. The number of hydrogen-bond acceptors (Lipinski definition) is 3. The Bertz CT molecular complexity index is 112. The van der Waals surface area contributed by atoms with E-state index in [1.54, 1.807) is 6.92 Å². The summed E-state index contributed by atoms with van der Waals surface area (Å²) in [6.45, 7) is 2.06. The van der Waals surface area contributed by atoms with E-state index in [9.17, 15) is 4.79 Å². The van der Waals surface area contributed by atoms with Crippen molar-refractivity contribution >= 4 is 23.1 Å². The lowest BCUT2D eigenvalue weighted by Gasteiger charge is -1.89. The summed E-state index contributed by atoms with van der Waals surface area (Å²) in [5.41, 5.74) is 3.18. The largest absolute Gasteiger partial charge is 0.469 e. The molecule has 0 aromatic carbocycles. The van der Waals surface area contributed by atoms with Crippen LogP contribution in [0.15, 0.2) is 0 Å². The van der Waals surface area contributed by atoms with Crippen LogP contribution in [0.5, 0.6) is 0 Å². The fourth-order valence-corrected chi connectivity index (χ4v) is 0.142. The van der Waals surface area contributed by atoms with E-state index in [4.69, 9.17) is 9.90 Å². The smallest absolute Gasteiger partial charge is 0.404 e. The topological polar surface area (TPSA) is 89.6 Å². The Morgan fingerprint density at radius 1 is 1.70 bits per heavy atom. The molecule has 6 heteroatoms. The minimum Gasteiger partial charge on any atom is -0.469 e. The Kier molecular flexibility index (Phi) is 9.46. The molecule has 0 rings (SSSR count). The molecule has 0 fully saturated rings. The first-order chi connectivity index (χ1) is 4.50. The summed E-state index contributed by atoms with van der Waals surface area (Å²) in [4.78, 5) is 18.4. The Labute approximate surface area is 62.7 Å². The van der Waals surface area contributed by atoms with Gasteiger partial charge < -0.3 is 15.6 Å². The third kappa shape index (κ3) is 62.0. The van der Waals surface area contributed by atoms with Gasteiger partial charge in [-0.1, -0.05) is 0 Å². The third-order valence-electron chi connectivity index (χ3n) is 0.287. The van der Waals surface area contributed by atoms with E-state index in [2.05, 4.69) is 22.1 Å². The van der Waals surface area contributed by atoms with Crippen molar-refractivity contribution in [1.82, 2.24) is 0 Å². The molecule has 0 aromatic heterocycles. The van der Waals surface area contributed by atoms with E-state index in [0.29, 0.717) is 6.61 Å². The fourth-order valence-electron chi connectivity index (χ4n) is 0.142. The number of nitrogens with two attached hydrogens (primary N) is 1. The molecule has 3 N–H and O–H groups in total. The molecule has 10 heavy (non-hydrogen) atoms. The van der Waals surface area contributed by atoms with Gasteiger partial charge in [0.1, 0.15) is 0 Å². The number of carbonyl (C=O) groups excluding carboxylic acids is 1. The lowest BCUT2D eigenvalue weighted by atomic mass is 10.9. The average molecular weight is 170 g/mol. The van der Waals surface area contributed by atoms with Gasteiger partial charge in [0.25, 0.3) is 0 Å². The average Bonchev–Trinajstić information content (AvgIpc) is 1.62. The van der Waals surface area contributed by atoms with Crippen LogP contribution in [0.3, 0.4) is 0 Å². The van der Waals surface area contributed by atoms with Gasteiger partial charge in [-0.3, -0.25) is 0 Å². The molecule has 60 valence electrons. The van der Waals surface area contributed by atoms with Gasteiger partial charge in [0.2, 0.25) is 0 Å². The molecule has 5 nitrogen and oxygen atoms in total. The molecule has 0 saturated carbocycles. The second kappa shape index (κ2) is 8.03. The highest BCUT2D eigenvalue weighted by Gasteiger charge is 1.82. The summed E-state index contributed by atoms with van der Waals surface area (Å²) in [6, 6.07) is 0. The molecule has 0 aliphatic heterocycles. The van der Waals surface area contributed by atoms with Crippen molar-refractivity contribution in [1.29, 1.82) is 0 Å². The van der Waals surface area contributed by atoms with E-state index in [0.717, 1.165) is 0 Å². The van der Waals surface area contributed by atoms with Crippen molar-refractivity contribution in [2.24, 2.45) is 5.73 Å². The maximum absolute atomic E-state index is 9.60. The van der Waals surface area contributed by atoms with Crippen LogP contribution in [0, 0.1) is 0 Å². The summed E-state index contributed by atoms with van der Waals surface area (Å²) in [7, 11) is 0. The molecule has 0 bridgehead atoms. The van der Waals surface area contributed by atoms with Crippen molar-refractivity contribution in [2.45, 2.75) is 6.92 Å². The molecule has 0 aliphatic carbocycles. The predicted octanol–water partition coefficient (Wildman–Crippen LogP) is 1.00.